The Kier molecular flexibility index (Phi) is 6.91. The number of phenolic OH excluding ortho intramolecular Hbond substituents is 1. The minimum Gasteiger partial charge on any atom is -0.507 e. The minimum atomic E-state index is -0.364. The van der Waals surface area contributed by atoms with Gasteiger partial charge in [0.15, 0.2) is 0 Å². The lowest BCUT2D eigenvalue weighted by Gasteiger charge is -2.32. The number of anilines is 2. The topological polar surface area (TPSA) is 131 Å². The number of rotatable bonds is 5. The van der Waals surface area contributed by atoms with E-state index in [0.717, 1.165) is 18.4 Å². The van der Waals surface area contributed by atoms with Crippen LogP contribution in [0.3, 0.4) is 0 Å². The maximum atomic E-state index is 12.7. The Morgan fingerprint density at radius 3 is 2.74 bits per heavy atom. The predicted octanol–water partition coefficient (Wildman–Crippen LogP) is 3.91. The number of likely N-dealkylation sites (tertiary alicyclic amines) is 1. The maximum absolute atomic E-state index is 12.7. The number of carbonyl (C=O) groups excluding carboxylic acids is 2. The van der Waals surface area contributed by atoms with Crippen molar-refractivity contribution in [2.75, 3.05) is 24.1 Å². The average Bonchev–Trinajstić information content (AvgIpc) is 2.84. The highest BCUT2D eigenvalue weighted by Crippen LogP contribution is 2.34. The molecule has 0 saturated carbocycles. The highest BCUT2D eigenvalue weighted by atomic mass is 16.6. The monoisotopic (exact) mass is 461 g/mol. The molecule has 176 valence electrons. The van der Waals surface area contributed by atoms with Crippen LogP contribution in [0, 0.1) is 0 Å². The summed E-state index contributed by atoms with van der Waals surface area (Å²) in [6.07, 6.45) is 1.26. The van der Waals surface area contributed by atoms with Gasteiger partial charge in [-0.2, -0.15) is 0 Å². The van der Waals surface area contributed by atoms with E-state index in [1.807, 2.05) is 30.3 Å². The fourth-order valence-electron chi connectivity index (χ4n) is 4.05. The number of piperidine rings is 1. The minimum absolute atomic E-state index is 0.00733. The summed E-state index contributed by atoms with van der Waals surface area (Å²) in [5.41, 5.74) is 9.02. The molecule has 9 nitrogen and oxygen atoms in total. The van der Waals surface area contributed by atoms with Gasteiger partial charge >= 0.3 is 6.09 Å². The molecule has 1 saturated heterocycles. The van der Waals surface area contributed by atoms with E-state index in [2.05, 4.69) is 15.3 Å². The lowest BCUT2D eigenvalue weighted by Crippen LogP contribution is -2.39. The number of nitrogens with two attached hydrogens (primary N) is 1. The summed E-state index contributed by atoms with van der Waals surface area (Å²) in [5.74, 6) is -0.197. The van der Waals surface area contributed by atoms with E-state index >= 15 is 0 Å². The second-order valence-electron chi connectivity index (χ2n) is 8.27. The van der Waals surface area contributed by atoms with E-state index in [1.165, 1.54) is 13.0 Å². The van der Waals surface area contributed by atoms with Gasteiger partial charge in [0.2, 0.25) is 11.9 Å². The van der Waals surface area contributed by atoms with E-state index in [1.54, 1.807) is 23.1 Å². The van der Waals surface area contributed by atoms with Gasteiger partial charge in [-0.1, -0.05) is 30.3 Å². The summed E-state index contributed by atoms with van der Waals surface area (Å²) >= 11 is 0. The number of carbonyl (C=O) groups is 2. The zero-order valence-electron chi connectivity index (χ0n) is 18.9. The van der Waals surface area contributed by atoms with Gasteiger partial charge < -0.3 is 25.8 Å². The van der Waals surface area contributed by atoms with Gasteiger partial charge in [0, 0.05) is 37.2 Å². The zero-order valence-corrected chi connectivity index (χ0v) is 18.9. The molecule has 1 fully saturated rings. The normalized spacial score (nSPS) is 15.6. The Bertz CT molecular complexity index is 1190. The zero-order chi connectivity index (χ0) is 24.1. The largest absolute Gasteiger partial charge is 0.507 e. The van der Waals surface area contributed by atoms with Crippen molar-refractivity contribution in [2.24, 2.45) is 0 Å². The number of ether oxygens (including phenoxy) is 1. The molecule has 34 heavy (non-hydrogen) atoms. The van der Waals surface area contributed by atoms with Gasteiger partial charge in [-0.05, 0) is 42.7 Å². The van der Waals surface area contributed by atoms with Crippen molar-refractivity contribution in [1.82, 2.24) is 14.9 Å². The molecule has 0 radical (unpaired) electrons. The smallest absolute Gasteiger partial charge is 0.410 e. The molecule has 1 atom stereocenters. The molecule has 1 aromatic heterocycles. The Labute approximate surface area is 197 Å². The van der Waals surface area contributed by atoms with Crippen molar-refractivity contribution in [1.29, 1.82) is 0 Å². The molecule has 2 amide bonds. The molecule has 4 N–H and O–H groups in total. The first-order chi connectivity index (χ1) is 16.4. The Morgan fingerprint density at radius 1 is 1.18 bits per heavy atom. The van der Waals surface area contributed by atoms with Crippen LogP contribution >= 0.6 is 0 Å². The van der Waals surface area contributed by atoms with Gasteiger partial charge in [0.25, 0.3) is 0 Å². The average molecular weight is 462 g/mol. The van der Waals surface area contributed by atoms with Crippen molar-refractivity contribution in [3.8, 4) is 17.0 Å². The molecule has 0 spiro atoms. The number of aromatic nitrogens is 2. The summed E-state index contributed by atoms with van der Waals surface area (Å²) in [4.78, 5) is 34.4. The fraction of sp³-hybridized carbons (Fsp3) is 0.280. The molecule has 0 bridgehead atoms. The van der Waals surface area contributed by atoms with Crippen LogP contribution in [-0.4, -0.2) is 45.1 Å². The second kappa shape index (κ2) is 10.2. The van der Waals surface area contributed by atoms with Crippen molar-refractivity contribution in [2.45, 2.75) is 32.3 Å². The molecule has 9 heteroatoms. The molecule has 1 aliphatic rings. The number of hydrogen-bond donors (Lipinski definition) is 3. The van der Waals surface area contributed by atoms with Crippen LogP contribution in [0.4, 0.5) is 16.4 Å². The molecular formula is C25H27N5O4. The molecule has 1 unspecified atom stereocenters. The lowest BCUT2D eigenvalue weighted by atomic mass is 9.93. The Morgan fingerprint density at radius 2 is 1.97 bits per heavy atom. The number of nitrogen functional groups attached to an aromatic ring is 1. The summed E-state index contributed by atoms with van der Waals surface area (Å²) in [6, 6.07) is 16.0. The van der Waals surface area contributed by atoms with Crippen molar-refractivity contribution in [3.63, 3.8) is 0 Å². The summed E-state index contributed by atoms with van der Waals surface area (Å²) in [7, 11) is 0. The predicted molar refractivity (Wildman–Crippen MR) is 128 cm³/mol. The number of amides is 2. The van der Waals surface area contributed by atoms with Crippen LogP contribution < -0.4 is 11.1 Å². The highest BCUT2D eigenvalue weighted by Gasteiger charge is 2.27. The Balaban J connectivity index is 1.51. The SMILES string of the molecule is CC(=O)Nc1ccc(O)c(-c2cc(C3CCCN(C(=O)OCc4ccccc4)C3)nc(N)n2)c1. The molecule has 4 rings (SSSR count). The number of nitrogens with one attached hydrogen (secondary N) is 1. The van der Waals surface area contributed by atoms with E-state index in [-0.39, 0.29) is 36.2 Å². The maximum Gasteiger partial charge on any atom is 0.410 e. The van der Waals surface area contributed by atoms with E-state index < -0.39 is 0 Å². The third-order valence-electron chi connectivity index (χ3n) is 5.66. The third-order valence-corrected chi connectivity index (χ3v) is 5.66. The van der Waals surface area contributed by atoms with Gasteiger partial charge in [0.1, 0.15) is 12.4 Å². The van der Waals surface area contributed by atoms with Crippen LogP contribution in [0.15, 0.2) is 54.6 Å². The molecule has 1 aliphatic heterocycles. The van der Waals surface area contributed by atoms with Crippen molar-refractivity contribution < 1.29 is 19.4 Å². The van der Waals surface area contributed by atoms with Crippen LogP contribution in [-0.2, 0) is 16.1 Å². The lowest BCUT2D eigenvalue weighted by molar-refractivity contribution is -0.114. The van der Waals surface area contributed by atoms with Gasteiger partial charge in [-0.15, -0.1) is 0 Å². The summed E-state index contributed by atoms with van der Waals surface area (Å²) in [6.45, 7) is 2.68. The van der Waals surface area contributed by atoms with E-state index in [0.29, 0.717) is 35.7 Å². The summed E-state index contributed by atoms with van der Waals surface area (Å²) < 4.78 is 5.49. The van der Waals surface area contributed by atoms with Gasteiger partial charge in [-0.3, -0.25) is 4.79 Å². The number of nitrogens with zero attached hydrogens (tertiary/aromatic N) is 3. The van der Waals surface area contributed by atoms with E-state index in [4.69, 9.17) is 10.5 Å². The first-order valence-electron chi connectivity index (χ1n) is 11.1. The highest BCUT2D eigenvalue weighted by molar-refractivity contribution is 5.90. The summed E-state index contributed by atoms with van der Waals surface area (Å²) in [5, 5.41) is 13.1. The molecule has 2 heterocycles. The molecular weight excluding hydrogens is 434 g/mol. The number of aromatic hydroxyl groups is 1. The standard InChI is InChI=1S/C25H27N5O4/c1-16(31)27-19-9-10-23(32)20(12-19)22-13-21(28-24(26)29-22)18-8-5-11-30(14-18)25(33)34-15-17-6-3-2-4-7-17/h2-4,6-7,9-10,12-13,18,32H,5,8,11,14-15H2,1H3,(H,27,31)(H2,26,28,29). The fourth-order valence-corrected chi connectivity index (χ4v) is 4.05. The van der Waals surface area contributed by atoms with Gasteiger partial charge in [-0.25, -0.2) is 14.8 Å². The van der Waals surface area contributed by atoms with Crippen molar-refractivity contribution in [3.05, 3.63) is 65.9 Å². The number of benzene rings is 2. The number of hydrogen-bond acceptors (Lipinski definition) is 7. The quantitative estimate of drug-likeness (QED) is 0.491. The van der Waals surface area contributed by atoms with Crippen LogP contribution in [0.1, 0.15) is 36.9 Å². The first-order valence-corrected chi connectivity index (χ1v) is 11.1. The molecule has 3 aromatic rings. The molecule has 0 aliphatic carbocycles. The third kappa shape index (κ3) is 5.61. The second-order valence-corrected chi connectivity index (χ2v) is 8.27. The van der Waals surface area contributed by atoms with Crippen molar-refractivity contribution >= 4 is 23.6 Å². The number of phenols is 1. The van der Waals surface area contributed by atoms with Gasteiger partial charge in [0.05, 0.1) is 11.4 Å². The van der Waals surface area contributed by atoms with Crippen LogP contribution in [0.25, 0.3) is 11.3 Å². The first kappa shape index (κ1) is 23.0. The Hall–Kier alpha value is -4.14. The van der Waals surface area contributed by atoms with Crippen LogP contribution in [0.5, 0.6) is 5.75 Å². The van der Waals surface area contributed by atoms with Crippen LogP contribution in [0.2, 0.25) is 0 Å². The molecule has 2 aromatic carbocycles. The van der Waals surface area contributed by atoms with E-state index in [9.17, 15) is 14.7 Å².